The molecule has 37 heavy (non-hydrogen) atoms. The minimum atomic E-state index is -5.75. The average molecular weight is 589 g/mol. The van der Waals surface area contributed by atoms with Crippen molar-refractivity contribution in [2.24, 2.45) is 0 Å². The molecule has 1 saturated heterocycles. The largest absolute Gasteiger partial charge is 0.490 e. The zero-order valence-electron chi connectivity index (χ0n) is 18.9. The number of anilines is 1. The first-order chi connectivity index (χ1) is 17.1. The molecule has 0 amide bonds. The van der Waals surface area contributed by atoms with E-state index >= 15 is 0 Å². The number of allylic oxidation sites excluding steroid dienone is 1. The lowest BCUT2D eigenvalue weighted by molar-refractivity contribution is -0.0541. The van der Waals surface area contributed by atoms with Crippen LogP contribution in [0.3, 0.4) is 0 Å². The van der Waals surface area contributed by atoms with Crippen molar-refractivity contribution in [1.29, 1.82) is 0 Å². The summed E-state index contributed by atoms with van der Waals surface area (Å²) in [6.07, 6.45) is 5.98. The van der Waals surface area contributed by atoms with E-state index in [0.29, 0.717) is 18.4 Å². The fraction of sp³-hybridized carbons (Fsp3) is 0.529. The molecule has 0 saturated carbocycles. The molecule has 0 spiro atoms. The first-order valence-corrected chi connectivity index (χ1v) is 14.9. The number of phosphoric acid groups is 3. The van der Waals surface area contributed by atoms with Gasteiger partial charge in [-0.05, 0) is 19.3 Å². The zero-order valence-corrected chi connectivity index (χ0v) is 21.6. The van der Waals surface area contributed by atoms with Crippen molar-refractivity contribution < 1.29 is 61.4 Å². The number of aliphatic hydroxyl groups is 2. The van der Waals surface area contributed by atoms with E-state index in [1.807, 2.05) is 0 Å². The Labute approximate surface area is 209 Å². The average Bonchev–Trinajstić information content (AvgIpc) is 3.02. The Morgan fingerprint density at radius 3 is 2.43 bits per heavy atom. The van der Waals surface area contributed by atoms with Gasteiger partial charge in [0.1, 0.15) is 24.1 Å². The Balaban J connectivity index is 2.10. The van der Waals surface area contributed by atoms with Crippen LogP contribution in [-0.4, -0.2) is 64.3 Å². The number of phosphoric ester groups is 1. The van der Waals surface area contributed by atoms with Crippen LogP contribution >= 0.6 is 23.5 Å². The molecule has 8 N–H and O–H groups in total. The van der Waals surface area contributed by atoms with E-state index in [1.54, 1.807) is 12.2 Å². The summed E-state index contributed by atoms with van der Waals surface area (Å²) < 4.78 is 51.7. The Morgan fingerprint density at radius 1 is 1.14 bits per heavy atom. The van der Waals surface area contributed by atoms with Gasteiger partial charge >= 0.3 is 29.2 Å². The lowest BCUT2D eigenvalue weighted by Gasteiger charge is -2.19. The summed E-state index contributed by atoms with van der Waals surface area (Å²) in [7, 11) is -16.8. The van der Waals surface area contributed by atoms with Gasteiger partial charge in [-0.1, -0.05) is 12.2 Å². The van der Waals surface area contributed by atoms with E-state index in [4.69, 9.17) is 26.7 Å². The fourth-order valence-corrected chi connectivity index (χ4v) is 6.10. The number of aromatic nitrogens is 2. The first kappa shape index (κ1) is 31.5. The third-order valence-electron chi connectivity index (χ3n) is 4.68. The van der Waals surface area contributed by atoms with Gasteiger partial charge in [0, 0.05) is 18.2 Å². The Kier molecular flexibility index (Phi) is 11.0. The Hall–Kier alpha value is -1.73. The SMILES string of the molecule is C#CCCCC/C=C/c1cn([C@@H]2O[C@H](COP(=O)(O)OP(=O)(O)OP(=O)(O)O)C(O)C2O)c(=O)nc1N. The maximum Gasteiger partial charge on any atom is 0.490 e. The molecular weight excluding hydrogens is 563 g/mol. The van der Waals surface area contributed by atoms with Crippen LogP contribution in [-0.2, 0) is 31.6 Å². The van der Waals surface area contributed by atoms with Gasteiger partial charge in [0.05, 0.1) is 6.61 Å². The number of ether oxygens (including phenoxy) is 1. The Bertz CT molecular complexity index is 1220. The summed E-state index contributed by atoms with van der Waals surface area (Å²) in [5, 5.41) is 20.6. The molecule has 0 radical (unpaired) electrons. The number of nitrogens with two attached hydrogens (primary N) is 1. The van der Waals surface area contributed by atoms with E-state index in [0.717, 1.165) is 17.4 Å². The summed E-state index contributed by atoms with van der Waals surface area (Å²) in [6.45, 7) is -1.04. The lowest BCUT2D eigenvalue weighted by atomic mass is 10.1. The molecule has 208 valence electrons. The zero-order chi connectivity index (χ0) is 28.0. The minimum absolute atomic E-state index is 0.113. The number of unbranched alkanes of at least 4 members (excludes halogenated alkanes) is 3. The maximum absolute atomic E-state index is 12.4. The highest BCUT2D eigenvalue weighted by Crippen LogP contribution is 2.66. The van der Waals surface area contributed by atoms with Crippen molar-refractivity contribution in [3.05, 3.63) is 28.3 Å². The van der Waals surface area contributed by atoms with Gasteiger partial charge in [-0.2, -0.15) is 13.6 Å². The summed E-state index contributed by atoms with van der Waals surface area (Å²) in [5.74, 6) is 2.41. The molecule has 17 nitrogen and oxygen atoms in total. The van der Waals surface area contributed by atoms with Crippen molar-refractivity contribution >= 4 is 35.4 Å². The fourth-order valence-electron chi connectivity index (χ4n) is 3.07. The Morgan fingerprint density at radius 2 is 1.81 bits per heavy atom. The van der Waals surface area contributed by atoms with Crippen LogP contribution in [0, 0.1) is 12.3 Å². The molecule has 1 fully saturated rings. The van der Waals surface area contributed by atoms with Gasteiger partial charge in [0.15, 0.2) is 6.23 Å². The van der Waals surface area contributed by atoms with Crippen LogP contribution in [0.5, 0.6) is 0 Å². The van der Waals surface area contributed by atoms with Gasteiger partial charge < -0.3 is 40.3 Å². The molecule has 1 aromatic rings. The standard InChI is InChI=1S/C17H26N3O14P3/c1-2-3-4-5-6-7-8-11-9-20(17(23)19-15(11)18)16-14(22)13(21)12(32-16)10-31-36(27,28)34-37(29,30)33-35(24,25)26/h1,7-9,12-14,16,21-22H,3-6,10H2,(H,27,28)(H,29,30)(H2,18,19,23)(H2,24,25,26)/b8-7+/t12-,13?,14?,16-/m1/s1. The first-order valence-electron chi connectivity index (χ1n) is 10.3. The number of terminal acetylenes is 1. The lowest BCUT2D eigenvalue weighted by Crippen LogP contribution is -2.36. The molecular formula is C17H26N3O14P3. The molecule has 2 rings (SSSR count). The number of hydrogen-bond donors (Lipinski definition) is 7. The second-order valence-electron chi connectivity index (χ2n) is 7.56. The van der Waals surface area contributed by atoms with Crippen molar-refractivity contribution in [1.82, 2.24) is 9.55 Å². The van der Waals surface area contributed by atoms with E-state index in [2.05, 4.69) is 24.0 Å². The van der Waals surface area contributed by atoms with Crippen molar-refractivity contribution in [2.45, 2.75) is 50.2 Å². The highest BCUT2D eigenvalue weighted by Gasteiger charge is 2.46. The number of nitrogen functional groups attached to an aromatic ring is 1. The number of hydrogen-bond acceptors (Lipinski definition) is 12. The van der Waals surface area contributed by atoms with Gasteiger partial charge in [-0.3, -0.25) is 9.09 Å². The van der Waals surface area contributed by atoms with Gasteiger partial charge in [-0.15, -0.1) is 12.3 Å². The summed E-state index contributed by atoms with van der Waals surface area (Å²) >= 11 is 0. The van der Waals surface area contributed by atoms with Crippen molar-refractivity contribution in [3.8, 4) is 12.3 Å². The molecule has 2 heterocycles. The monoisotopic (exact) mass is 589 g/mol. The second-order valence-corrected chi connectivity index (χ2v) is 12.0. The normalized spacial score (nSPS) is 25.5. The molecule has 1 aliphatic rings. The molecule has 6 atom stereocenters. The van der Waals surface area contributed by atoms with E-state index in [1.165, 1.54) is 6.20 Å². The minimum Gasteiger partial charge on any atom is -0.387 e. The topological polar surface area (TPSA) is 270 Å². The quantitative estimate of drug-likeness (QED) is 0.0906. The van der Waals surface area contributed by atoms with Crippen LogP contribution in [0.15, 0.2) is 17.1 Å². The maximum atomic E-state index is 12.4. The van der Waals surface area contributed by atoms with Crippen molar-refractivity contribution in [2.75, 3.05) is 12.3 Å². The van der Waals surface area contributed by atoms with E-state index in [-0.39, 0.29) is 5.82 Å². The van der Waals surface area contributed by atoms with Gasteiger partial charge in [-0.25, -0.2) is 18.5 Å². The summed E-state index contributed by atoms with van der Waals surface area (Å²) in [4.78, 5) is 51.8. The molecule has 4 unspecified atom stereocenters. The molecule has 20 heteroatoms. The number of aliphatic hydroxyl groups excluding tert-OH is 2. The number of rotatable bonds is 13. The number of nitrogens with zero attached hydrogens (tertiary/aromatic N) is 2. The summed E-state index contributed by atoms with van der Waals surface area (Å²) in [6, 6.07) is 0. The van der Waals surface area contributed by atoms with Crippen LogP contribution in [0.25, 0.3) is 6.08 Å². The predicted molar refractivity (Wildman–Crippen MR) is 125 cm³/mol. The molecule has 0 bridgehead atoms. The second kappa shape index (κ2) is 12.9. The third-order valence-corrected chi connectivity index (χ3v) is 8.48. The predicted octanol–water partition coefficient (Wildman–Crippen LogP) is -0.00520. The van der Waals surface area contributed by atoms with Crippen LogP contribution in [0.2, 0.25) is 0 Å². The summed E-state index contributed by atoms with van der Waals surface area (Å²) in [5.41, 5.74) is 5.11. The van der Waals surface area contributed by atoms with Crippen LogP contribution < -0.4 is 11.4 Å². The van der Waals surface area contributed by atoms with E-state index in [9.17, 15) is 38.5 Å². The van der Waals surface area contributed by atoms with Gasteiger partial charge in [0.25, 0.3) is 0 Å². The van der Waals surface area contributed by atoms with Gasteiger partial charge in [0.2, 0.25) is 0 Å². The third kappa shape index (κ3) is 9.82. The van der Waals surface area contributed by atoms with Crippen LogP contribution in [0.4, 0.5) is 5.82 Å². The highest BCUT2D eigenvalue weighted by atomic mass is 31.3. The smallest absolute Gasteiger partial charge is 0.387 e. The molecule has 1 aromatic heterocycles. The van der Waals surface area contributed by atoms with Crippen LogP contribution in [0.1, 0.15) is 37.5 Å². The van der Waals surface area contributed by atoms with E-state index < -0.39 is 60.3 Å². The molecule has 1 aliphatic heterocycles. The highest BCUT2D eigenvalue weighted by molar-refractivity contribution is 7.66. The molecule has 0 aromatic carbocycles. The molecule has 0 aliphatic carbocycles. The van der Waals surface area contributed by atoms with Crippen molar-refractivity contribution in [3.63, 3.8) is 0 Å².